The van der Waals surface area contributed by atoms with E-state index in [4.69, 9.17) is 4.74 Å². The van der Waals surface area contributed by atoms with Crippen LogP contribution >= 0.6 is 11.8 Å². The maximum Gasteiger partial charge on any atom is 0.191 e. The third kappa shape index (κ3) is 3.83. The fourth-order valence-electron chi connectivity index (χ4n) is 3.56. The van der Waals surface area contributed by atoms with Crippen molar-refractivity contribution in [2.75, 3.05) is 7.11 Å². The van der Waals surface area contributed by atoms with Gasteiger partial charge in [-0.25, -0.2) is 0 Å². The molecule has 0 amide bonds. The van der Waals surface area contributed by atoms with Crippen molar-refractivity contribution in [1.29, 1.82) is 0 Å². The third-order valence-corrected chi connectivity index (χ3v) is 6.06. The zero-order chi connectivity index (χ0) is 20.4. The van der Waals surface area contributed by atoms with Gasteiger partial charge >= 0.3 is 0 Å². The highest BCUT2D eigenvalue weighted by atomic mass is 32.2. The molecule has 6 heteroatoms. The van der Waals surface area contributed by atoms with E-state index in [-0.39, 0.29) is 5.78 Å². The number of thioether (sulfide) groups is 1. The second-order valence-corrected chi connectivity index (χ2v) is 7.87. The number of methoxy groups -OCH3 is 1. The van der Waals surface area contributed by atoms with E-state index in [1.807, 2.05) is 49.7 Å². The number of aryl methyl sites for hydroxylation is 2. The number of aromatic nitrogens is 3. The summed E-state index contributed by atoms with van der Waals surface area (Å²) in [5.41, 5.74) is 6.31. The van der Waals surface area contributed by atoms with E-state index in [0.29, 0.717) is 0 Å². The normalized spacial score (nSPS) is 10.9. The summed E-state index contributed by atoms with van der Waals surface area (Å²) >= 11 is 1.63. The molecule has 0 aliphatic rings. The first-order chi connectivity index (χ1) is 13.3. The van der Waals surface area contributed by atoms with Crippen LogP contribution in [0.5, 0.6) is 5.75 Å². The molecule has 28 heavy (non-hydrogen) atoms. The summed E-state index contributed by atoms with van der Waals surface area (Å²) in [4.78, 5) is 12.0. The van der Waals surface area contributed by atoms with Crippen molar-refractivity contribution in [1.82, 2.24) is 14.8 Å². The summed E-state index contributed by atoms with van der Waals surface area (Å²) in [5, 5.41) is 9.56. The molecule has 3 rings (SSSR count). The molecule has 5 nitrogen and oxygen atoms in total. The van der Waals surface area contributed by atoms with Gasteiger partial charge in [0.1, 0.15) is 5.75 Å². The van der Waals surface area contributed by atoms with Gasteiger partial charge in [0.25, 0.3) is 0 Å². The second kappa shape index (κ2) is 8.19. The van der Waals surface area contributed by atoms with Gasteiger partial charge in [-0.2, -0.15) is 0 Å². The molecular weight excluding hydrogens is 370 g/mol. The van der Waals surface area contributed by atoms with Crippen molar-refractivity contribution >= 4 is 17.5 Å². The lowest BCUT2D eigenvalue weighted by Gasteiger charge is -2.15. The monoisotopic (exact) mass is 395 g/mol. The summed E-state index contributed by atoms with van der Waals surface area (Å²) in [7, 11) is 3.62. The molecule has 0 spiro atoms. The Bertz CT molecular complexity index is 1020. The summed E-state index contributed by atoms with van der Waals surface area (Å²) in [6, 6.07) is 9.88. The van der Waals surface area contributed by atoms with E-state index in [1.54, 1.807) is 25.8 Å². The average Bonchev–Trinajstić information content (AvgIpc) is 3.01. The molecule has 0 unspecified atom stereocenters. The minimum absolute atomic E-state index is 0.113. The number of hydrogen-bond donors (Lipinski definition) is 0. The number of benzene rings is 2. The number of rotatable bonds is 6. The average molecular weight is 396 g/mol. The van der Waals surface area contributed by atoms with Crippen LogP contribution in [0.1, 0.15) is 39.5 Å². The van der Waals surface area contributed by atoms with Gasteiger partial charge in [0.15, 0.2) is 16.8 Å². The van der Waals surface area contributed by atoms with Crippen LogP contribution in [0, 0.1) is 20.8 Å². The van der Waals surface area contributed by atoms with Gasteiger partial charge in [0, 0.05) is 23.9 Å². The minimum atomic E-state index is 0.113. The van der Waals surface area contributed by atoms with Gasteiger partial charge in [0.05, 0.1) is 7.11 Å². The predicted molar refractivity (Wildman–Crippen MR) is 113 cm³/mol. The van der Waals surface area contributed by atoms with E-state index < -0.39 is 0 Å². The number of ketones is 1. The Morgan fingerprint density at radius 3 is 2.39 bits per heavy atom. The molecule has 0 radical (unpaired) electrons. The lowest BCUT2D eigenvalue weighted by Crippen LogP contribution is -2.05. The summed E-state index contributed by atoms with van der Waals surface area (Å²) in [6.45, 7) is 7.76. The number of carbonyl (C=O) groups excluding carboxylic acids is 1. The van der Waals surface area contributed by atoms with Gasteiger partial charge in [-0.15, -0.1) is 10.2 Å². The largest absolute Gasteiger partial charge is 0.497 e. The molecule has 0 bridgehead atoms. The maximum atomic E-state index is 12.0. The number of hydrogen-bond acceptors (Lipinski definition) is 5. The lowest BCUT2D eigenvalue weighted by molar-refractivity contribution is 0.101. The van der Waals surface area contributed by atoms with Crippen LogP contribution in [0.4, 0.5) is 0 Å². The smallest absolute Gasteiger partial charge is 0.191 e. The minimum Gasteiger partial charge on any atom is -0.497 e. The van der Waals surface area contributed by atoms with Gasteiger partial charge in [0.2, 0.25) is 0 Å². The number of ether oxygens (including phenoxy) is 1. The van der Waals surface area contributed by atoms with Gasteiger partial charge < -0.3 is 9.30 Å². The molecule has 2 aromatic carbocycles. The number of nitrogens with zero attached hydrogens (tertiary/aromatic N) is 3. The van der Waals surface area contributed by atoms with Gasteiger partial charge in [-0.1, -0.05) is 17.8 Å². The highest BCUT2D eigenvalue weighted by Gasteiger charge is 2.16. The van der Waals surface area contributed by atoms with Crippen molar-refractivity contribution in [2.24, 2.45) is 7.05 Å². The standard InChI is InChI=1S/C22H25N3O2S/c1-13-11-14(2)20(16(4)26)15(3)19(13)12-28-22-24-23-21(25(22)5)17-7-9-18(27-6)10-8-17/h7-11H,12H2,1-6H3. The Morgan fingerprint density at radius 1 is 1.11 bits per heavy atom. The first-order valence-electron chi connectivity index (χ1n) is 9.10. The fourth-order valence-corrected chi connectivity index (χ4v) is 4.66. The van der Waals surface area contributed by atoms with Gasteiger partial charge in [-0.3, -0.25) is 4.79 Å². The Labute approximate surface area is 170 Å². The first-order valence-corrected chi connectivity index (χ1v) is 10.1. The molecule has 0 N–H and O–H groups in total. The van der Waals surface area contributed by atoms with Crippen molar-refractivity contribution in [3.63, 3.8) is 0 Å². The topological polar surface area (TPSA) is 57.0 Å². The van der Waals surface area contributed by atoms with E-state index in [9.17, 15) is 4.79 Å². The molecular formula is C22H25N3O2S. The molecule has 1 aromatic heterocycles. The van der Waals surface area contributed by atoms with Crippen molar-refractivity contribution < 1.29 is 9.53 Å². The summed E-state index contributed by atoms with van der Waals surface area (Å²) in [5.74, 6) is 2.48. The van der Waals surface area contributed by atoms with Crippen LogP contribution in [-0.2, 0) is 12.8 Å². The Balaban J connectivity index is 1.85. The number of carbonyl (C=O) groups is 1. The molecule has 0 aliphatic carbocycles. The Kier molecular flexibility index (Phi) is 5.89. The SMILES string of the molecule is COc1ccc(-c2nnc(SCc3c(C)cc(C)c(C(C)=O)c3C)n2C)cc1. The van der Waals surface area contributed by atoms with Crippen LogP contribution in [0.3, 0.4) is 0 Å². The van der Waals surface area contributed by atoms with Gasteiger partial charge in [-0.05, 0) is 74.2 Å². The van der Waals surface area contributed by atoms with Crippen molar-refractivity contribution in [3.8, 4) is 17.1 Å². The predicted octanol–water partition coefficient (Wildman–Crippen LogP) is 4.91. The molecule has 0 fully saturated rings. The zero-order valence-electron chi connectivity index (χ0n) is 17.2. The molecule has 0 saturated carbocycles. The zero-order valence-corrected chi connectivity index (χ0v) is 18.0. The fraction of sp³-hybridized carbons (Fsp3) is 0.318. The van der Waals surface area contributed by atoms with Crippen LogP contribution in [0.25, 0.3) is 11.4 Å². The van der Waals surface area contributed by atoms with Crippen LogP contribution in [0.15, 0.2) is 35.5 Å². The molecule has 1 heterocycles. The van der Waals surface area contributed by atoms with E-state index in [2.05, 4.69) is 23.2 Å². The molecule has 0 atom stereocenters. The van der Waals surface area contributed by atoms with E-state index >= 15 is 0 Å². The quantitative estimate of drug-likeness (QED) is 0.438. The molecule has 0 aliphatic heterocycles. The Morgan fingerprint density at radius 2 is 1.79 bits per heavy atom. The van der Waals surface area contributed by atoms with Crippen LogP contribution < -0.4 is 4.74 Å². The number of Topliss-reactive ketones (excluding diaryl/α,β-unsaturated/α-hetero) is 1. The Hall–Kier alpha value is -2.60. The van der Waals surface area contributed by atoms with E-state index in [0.717, 1.165) is 44.7 Å². The summed E-state index contributed by atoms with van der Waals surface area (Å²) < 4.78 is 7.21. The van der Waals surface area contributed by atoms with Crippen molar-refractivity contribution in [2.45, 2.75) is 38.6 Å². The molecule has 0 saturated heterocycles. The third-order valence-electron chi connectivity index (χ3n) is 5.01. The maximum absolute atomic E-state index is 12.0. The molecule has 3 aromatic rings. The molecule has 146 valence electrons. The van der Waals surface area contributed by atoms with Crippen molar-refractivity contribution in [3.05, 3.63) is 58.1 Å². The van der Waals surface area contributed by atoms with Crippen LogP contribution in [0.2, 0.25) is 0 Å². The lowest BCUT2D eigenvalue weighted by atomic mass is 9.92. The van der Waals surface area contributed by atoms with Crippen LogP contribution in [-0.4, -0.2) is 27.7 Å². The first kappa shape index (κ1) is 20.1. The highest BCUT2D eigenvalue weighted by molar-refractivity contribution is 7.98. The van der Waals surface area contributed by atoms with E-state index in [1.165, 1.54) is 11.1 Å². The summed E-state index contributed by atoms with van der Waals surface area (Å²) in [6.07, 6.45) is 0. The highest BCUT2D eigenvalue weighted by Crippen LogP contribution is 2.30. The second-order valence-electron chi connectivity index (χ2n) is 6.93.